The summed E-state index contributed by atoms with van der Waals surface area (Å²) in [5, 5.41) is 1.29. The molecule has 0 amide bonds. The van der Waals surface area contributed by atoms with Gasteiger partial charge in [0.05, 0.1) is 35.0 Å². The van der Waals surface area contributed by atoms with Crippen LogP contribution in [0.1, 0.15) is 11.4 Å². The summed E-state index contributed by atoms with van der Waals surface area (Å²) in [6.45, 7) is 0. The minimum absolute atomic E-state index is 0.00607. The average molecular weight is 587 g/mol. The van der Waals surface area contributed by atoms with E-state index in [1.807, 2.05) is 0 Å². The summed E-state index contributed by atoms with van der Waals surface area (Å²) in [7, 11) is -4.99. The summed E-state index contributed by atoms with van der Waals surface area (Å²) in [4.78, 5) is 0.244. The maximum absolute atomic E-state index is 14.0. The lowest BCUT2D eigenvalue weighted by atomic mass is 10.2. The van der Waals surface area contributed by atoms with Gasteiger partial charge in [0, 0.05) is 28.6 Å². The molecule has 4 aromatic carbocycles. The minimum Gasteiger partial charge on any atom is -0.497 e. The maximum Gasteiger partial charge on any atom is 0.268 e. The summed E-state index contributed by atoms with van der Waals surface area (Å²) in [6, 6.07) is 30.1. The second-order valence-corrected chi connectivity index (χ2v) is 13.0. The third-order valence-electron chi connectivity index (χ3n) is 7.00. The van der Waals surface area contributed by atoms with Crippen molar-refractivity contribution in [3.63, 3.8) is 0 Å². The molecule has 41 heavy (non-hydrogen) atoms. The van der Waals surface area contributed by atoms with Gasteiger partial charge in [-0.3, -0.25) is 0 Å². The molecular weight excluding hydrogens is 560 g/mol. The summed E-state index contributed by atoms with van der Waals surface area (Å²) in [5.74, 6) is 1.15. The van der Waals surface area contributed by atoms with Crippen LogP contribution in [-0.2, 0) is 26.5 Å². The highest BCUT2D eigenvalue weighted by Crippen LogP contribution is 2.33. The number of hydrogen-bond donors (Lipinski definition) is 0. The standard InChI is InChI=1S/C31H26N2O6S2/c1-38-26-13-15-30-22(19-26)17-24(32(30)40(34,35)28-9-5-3-6-10-28)21-25-18-23-20-27(39-2)14-16-31(23)33(25)41(36,37)29-11-7-4-8-12-29/h3-20H,21H2,1-2H3. The van der Waals surface area contributed by atoms with E-state index in [9.17, 15) is 16.8 Å². The van der Waals surface area contributed by atoms with E-state index in [-0.39, 0.29) is 16.2 Å². The fourth-order valence-electron chi connectivity index (χ4n) is 5.10. The van der Waals surface area contributed by atoms with Crippen LogP contribution in [0.15, 0.2) is 119 Å². The SMILES string of the molecule is COc1ccc2c(c1)cc(Cc1cc3cc(OC)ccc3n1S(=O)(=O)c1ccccc1)n2S(=O)(=O)c1ccccc1. The number of benzene rings is 4. The van der Waals surface area contributed by atoms with Gasteiger partial charge in [0.1, 0.15) is 11.5 Å². The van der Waals surface area contributed by atoms with Crippen molar-refractivity contribution in [2.75, 3.05) is 14.2 Å². The molecule has 0 aliphatic rings. The van der Waals surface area contributed by atoms with Gasteiger partial charge in [-0.25, -0.2) is 24.8 Å². The predicted molar refractivity (Wildman–Crippen MR) is 158 cm³/mol. The first-order valence-corrected chi connectivity index (χ1v) is 15.6. The lowest BCUT2D eigenvalue weighted by molar-refractivity contribution is 0.415. The van der Waals surface area contributed by atoms with Gasteiger partial charge in [-0.1, -0.05) is 36.4 Å². The Bertz CT molecular complexity index is 1960. The Labute approximate surface area is 238 Å². The van der Waals surface area contributed by atoms with E-state index in [0.717, 1.165) is 0 Å². The minimum atomic E-state index is -4.04. The first-order chi connectivity index (χ1) is 19.7. The van der Waals surface area contributed by atoms with E-state index in [4.69, 9.17) is 9.47 Å². The number of rotatable bonds is 8. The van der Waals surface area contributed by atoms with Gasteiger partial charge in [-0.15, -0.1) is 0 Å². The summed E-state index contributed by atoms with van der Waals surface area (Å²) in [6.07, 6.45) is 0.00607. The summed E-state index contributed by atoms with van der Waals surface area (Å²) < 4.78 is 69.4. The average Bonchev–Trinajstić information content (AvgIpc) is 3.55. The largest absolute Gasteiger partial charge is 0.497 e. The maximum atomic E-state index is 14.0. The molecule has 0 spiro atoms. The number of ether oxygens (including phenoxy) is 2. The van der Waals surface area contributed by atoms with Crippen molar-refractivity contribution in [2.45, 2.75) is 16.2 Å². The van der Waals surface area contributed by atoms with E-state index < -0.39 is 20.0 Å². The van der Waals surface area contributed by atoms with Crippen molar-refractivity contribution in [2.24, 2.45) is 0 Å². The van der Waals surface area contributed by atoms with Gasteiger partial charge in [-0.2, -0.15) is 0 Å². The Morgan fingerprint density at radius 3 is 1.29 bits per heavy atom. The van der Waals surface area contributed by atoms with Crippen LogP contribution in [0, 0.1) is 0 Å². The van der Waals surface area contributed by atoms with Gasteiger partial charge in [-0.05, 0) is 72.8 Å². The van der Waals surface area contributed by atoms with Gasteiger partial charge in [0.15, 0.2) is 0 Å². The summed E-state index contributed by atoms with van der Waals surface area (Å²) in [5.41, 5.74) is 1.72. The van der Waals surface area contributed by atoms with Crippen molar-refractivity contribution in [1.82, 2.24) is 7.94 Å². The first-order valence-electron chi connectivity index (χ1n) is 12.7. The molecule has 0 unspecified atom stereocenters. The molecule has 208 valence electrons. The fraction of sp³-hybridized carbons (Fsp3) is 0.0968. The quantitative estimate of drug-likeness (QED) is 0.228. The van der Waals surface area contributed by atoms with Crippen LogP contribution < -0.4 is 9.47 Å². The van der Waals surface area contributed by atoms with E-state index in [0.29, 0.717) is 44.7 Å². The molecule has 2 heterocycles. The highest BCUT2D eigenvalue weighted by atomic mass is 32.2. The normalized spacial score (nSPS) is 12.1. The highest BCUT2D eigenvalue weighted by Gasteiger charge is 2.27. The molecule has 0 aliphatic heterocycles. The zero-order valence-electron chi connectivity index (χ0n) is 22.3. The third kappa shape index (κ3) is 4.55. The number of methoxy groups -OCH3 is 2. The van der Waals surface area contributed by atoms with Crippen LogP contribution >= 0.6 is 0 Å². The number of aromatic nitrogens is 2. The zero-order chi connectivity index (χ0) is 28.8. The van der Waals surface area contributed by atoms with Gasteiger partial charge >= 0.3 is 0 Å². The molecule has 0 radical (unpaired) electrons. The second-order valence-electron chi connectivity index (χ2n) is 9.46. The molecule has 0 bridgehead atoms. The van der Waals surface area contributed by atoms with Gasteiger partial charge in [0.25, 0.3) is 20.0 Å². The number of hydrogen-bond acceptors (Lipinski definition) is 6. The second kappa shape index (κ2) is 10.1. The Morgan fingerprint density at radius 1 is 0.537 bits per heavy atom. The van der Waals surface area contributed by atoms with Gasteiger partial charge in [0.2, 0.25) is 0 Å². The van der Waals surface area contributed by atoms with Crippen LogP contribution in [0.3, 0.4) is 0 Å². The molecule has 6 aromatic rings. The van der Waals surface area contributed by atoms with Crippen LogP contribution in [0.2, 0.25) is 0 Å². The van der Waals surface area contributed by atoms with E-state index in [2.05, 4.69) is 0 Å². The van der Waals surface area contributed by atoms with Crippen molar-refractivity contribution in [1.29, 1.82) is 0 Å². The van der Waals surface area contributed by atoms with Crippen molar-refractivity contribution in [3.8, 4) is 11.5 Å². The first kappa shape index (κ1) is 26.7. The third-order valence-corrected chi connectivity index (χ3v) is 10.6. The zero-order valence-corrected chi connectivity index (χ0v) is 23.9. The molecule has 8 nitrogen and oxygen atoms in total. The number of nitrogens with zero attached hydrogens (tertiary/aromatic N) is 2. The molecule has 0 saturated heterocycles. The lowest BCUT2D eigenvalue weighted by Crippen LogP contribution is -2.19. The molecule has 0 aliphatic carbocycles. The van der Waals surface area contributed by atoms with Crippen LogP contribution in [0.25, 0.3) is 21.8 Å². The lowest BCUT2D eigenvalue weighted by Gasteiger charge is -2.15. The van der Waals surface area contributed by atoms with E-state index in [1.54, 1.807) is 99.1 Å². The molecule has 2 aromatic heterocycles. The molecular formula is C31H26N2O6S2. The Balaban J connectivity index is 1.62. The van der Waals surface area contributed by atoms with E-state index in [1.165, 1.54) is 32.2 Å². The molecule has 6 rings (SSSR count). The van der Waals surface area contributed by atoms with Crippen molar-refractivity contribution < 1.29 is 26.3 Å². The Morgan fingerprint density at radius 2 is 0.927 bits per heavy atom. The Kier molecular flexibility index (Phi) is 6.59. The molecule has 0 saturated carbocycles. The van der Waals surface area contributed by atoms with Crippen molar-refractivity contribution >= 4 is 41.9 Å². The topological polar surface area (TPSA) is 96.6 Å². The van der Waals surface area contributed by atoms with Crippen LogP contribution in [-0.4, -0.2) is 39.0 Å². The molecule has 0 fully saturated rings. The predicted octanol–water partition coefficient (Wildman–Crippen LogP) is 5.68. The number of fused-ring (bicyclic) bond motifs is 2. The van der Waals surface area contributed by atoms with Crippen molar-refractivity contribution in [3.05, 3.63) is 121 Å². The monoisotopic (exact) mass is 586 g/mol. The Hall–Kier alpha value is -4.54. The van der Waals surface area contributed by atoms with E-state index >= 15 is 0 Å². The highest BCUT2D eigenvalue weighted by molar-refractivity contribution is 7.90. The van der Waals surface area contributed by atoms with Gasteiger partial charge < -0.3 is 9.47 Å². The van der Waals surface area contributed by atoms with Crippen LogP contribution in [0.5, 0.6) is 11.5 Å². The molecule has 0 atom stereocenters. The summed E-state index contributed by atoms with van der Waals surface area (Å²) >= 11 is 0. The molecule has 0 N–H and O–H groups in total. The fourth-order valence-corrected chi connectivity index (χ4v) is 8.23. The van der Waals surface area contributed by atoms with Crippen LogP contribution in [0.4, 0.5) is 0 Å². The molecule has 10 heteroatoms. The smallest absolute Gasteiger partial charge is 0.268 e.